The molecule has 4 heteroatoms. The van der Waals surface area contributed by atoms with Gasteiger partial charge in [-0.2, -0.15) is 0 Å². The number of hydrogen-bond donors (Lipinski definition) is 1. The highest BCUT2D eigenvalue weighted by molar-refractivity contribution is 5.29. The molecule has 19 heavy (non-hydrogen) atoms. The van der Waals surface area contributed by atoms with Crippen LogP contribution in [0.5, 0.6) is 5.75 Å². The monoisotopic (exact) mass is 266 g/mol. The Morgan fingerprint density at radius 2 is 2.26 bits per heavy atom. The number of hydrogen-bond acceptors (Lipinski definition) is 3. The lowest BCUT2D eigenvalue weighted by Crippen LogP contribution is -2.45. The Morgan fingerprint density at radius 1 is 1.47 bits per heavy atom. The summed E-state index contributed by atoms with van der Waals surface area (Å²) in [7, 11) is 1.48. The largest absolute Gasteiger partial charge is 0.494 e. The number of nitrogens with zero attached hydrogens (tertiary/aromatic N) is 1. The molecule has 1 aliphatic heterocycles. The molecule has 106 valence electrons. The van der Waals surface area contributed by atoms with Crippen LogP contribution in [0.15, 0.2) is 18.2 Å². The summed E-state index contributed by atoms with van der Waals surface area (Å²) in [5.41, 5.74) is 6.83. The number of rotatable bonds is 4. The predicted molar refractivity (Wildman–Crippen MR) is 74.6 cm³/mol. The first-order valence-electron chi connectivity index (χ1n) is 6.90. The van der Waals surface area contributed by atoms with Crippen molar-refractivity contribution in [1.82, 2.24) is 4.90 Å². The van der Waals surface area contributed by atoms with E-state index in [0.717, 1.165) is 31.0 Å². The number of ether oxygens (including phenoxy) is 1. The molecule has 3 nitrogen and oxygen atoms in total. The highest BCUT2D eigenvalue weighted by atomic mass is 19.1. The van der Waals surface area contributed by atoms with Gasteiger partial charge in [0.1, 0.15) is 0 Å². The van der Waals surface area contributed by atoms with Crippen molar-refractivity contribution in [2.75, 3.05) is 20.2 Å². The minimum absolute atomic E-state index is 0.297. The van der Waals surface area contributed by atoms with Crippen molar-refractivity contribution < 1.29 is 9.13 Å². The third kappa shape index (κ3) is 3.45. The second-order valence-corrected chi connectivity index (χ2v) is 5.46. The molecule has 1 fully saturated rings. The SMILES string of the molecule is COc1ccc(CN2CCC(C)CC2CN)cc1F. The molecule has 2 unspecified atom stereocenters. The molecule has 0 amide bonds. The van der Waals surface area contributed by atoms with E-state index in [0.29, 0.717) is 18.3 Å². The Balaban J connectivity index is 2.05. The van der Waals surface area contributed by atoms with Gasteiger partial charge in [-0.15, -0.1) is 0 Å². The van der Waals surface area contributed by atoms with Gasteiger partial charge in [0.15, 0.2) is 11.6 Å². The summed E-state index contributed by atoms with van der Waals surface area (Å²) in [5.74, 6) is 0.735. The maximum atomic E-state index is 13.7. The molecule has 0 aromatic heterocycles. The predicted octanol–water partition coefficient (Wildman–Crippen LogP) is 2.39. The van der Waals surface area contributed by atoms with Crippen LogP contribution in [-0.2, 0) is 6.54 Å². The van der Waals surface area contributed by atoms with Crippen molar-refractivity contribution in [2.45, 2.75) is 32.4 Å². The van der Waals surface area contributed by atoms with E-state index in [4.69, 9.17) is 10.5 Å². The van der Waals surface area contributed by atoms with Crippen LogP contribution in [0.4, 0.5) is 4.39 Å². The first-order chi connectivity index (χ1) is 9.13. The zero-order valence-corrected chi connectivity index (χ0v) is 11.7. The molecule has 0 radical (unpaired) electrons. The summed E-state index contributed by atoms with van der Waals surface area (Å²) in [6.07, 6.45) is 2.32. The molecule has 1 heterocycles. The van der Waals surface area contributed by atoms with Crippen molar-refractivity contribution in [3.63, 3.8) is 0 Å². The van der Waals surface area contributed by atoms with Crippen molar-refractivity contribution in [2.24, 2.45) is 11.7 Å². The molecule has 0 saturated carbocycles. The first-order valence-corrected chi connectivity index (χ1v) is 6.90. The molecule has 1 aromatic rings. The lowest BCUT2D eigenvalue weighted by molar-refractivity contribution is 0.115. The number of nitrogens with two attached hydrogens (primary N) is 1. The van der Waals surface area contributed by atoms with Crippen LogP contribution in [0.1, 0.15) is 25.3 Å². The molecule has 2 rings (SSSR count). The quantitative estimate of drug-likeness (QED) is 0.909. The van der Waals surface area contributed by atoms with Crippen LogP contribution in [0.25, 0.3) is 0 Å². The van der Waals surface area contributed by atoms with E-state index < -0.39 is 0 Å². The fourth-order valence-electron chi connectivity index (χ4n) is 2.80. The molecular formula is C15H23FN2O. The van der Waals surface area contributed by atoms with E-state index in [2.05, 4.69) is 11.8 Å². The molecule has 1 saturated heterocycles. The Hall–Kier alpha value is -1.13. The van der Waals surface area contributed by atoms with E-state index in [-0.39, 0.29) is 5.82 Å². The highest BCUT2D eigenvalue weighted by Crippen LogP contribution is 2.25. The first kappa shape index (κ1) is 14.3. The van der Waals surface area contributed by atoms with Crippen LogP contribution in [0, 0.1) is 11.7 Å². The molecule has 1 aromatic carbocycles. The lowest BCUT2D eigenvalue weighted by atomic mass is 9.92. The third-order valence-corrected chi connectivity index (χ3v) is 3.97. The van der Waals surface area contributed by atoms with Gasteiger partial charge in [0.25, 0.3) is 0 Å². The van der Waals surface area contributed by atoms with Gasteiger partial charge in [0.2, 0.25) is 0 Å². The summed E-state index contributed by atoms with van der Waals surface area (Å²) in [6, 6.07) is 5.58. The van der Waals surface area contributed by atoms with Crippen molar-refractivity contribution in [1.29, 1.82) is 0 Å². The summed E-state index contributed by atoms with van der Waals surface area (Å²) in [4.78, 5) is 2.36. The molecular weight excluding hydrogens is 243 g/mol. The number of likely N-dealkylation sites (tertiary alicyclic amines) is 1. The average Bonchev–Trinajstić information content (AvgIpc) is 2.41. The smallest absolute Gasteiger partial charge is 0.165 e. The van der Waals surface area contributed by atoms with E-state index in [1.54, 1.807) is 12.1 Å². The Kier molecular flexibility index (Phi) is 4.77. The van der Waals surface area contributed by atoms with Gasteiger partial charge in [-0.1, -0.05) is 13.0 Å². The van der Waals surface area contributed by atoms with Gasteiger partial charge in [-0.05, 0) is 43.0 Å². The zero-order valence-electron chi connectivity index (χ0n) is 11.7. The van der Waals surface area contributed by atoms with Crippen molar-refractivity contribution >= 4 is 0 Å². The maximum Gasteiger partial charge on any atom is 0.165 e. The number of piperidine rings is 1. The van der Waals surface area contributed by atoms with Gasteiger partial charge in [-0.3, -0.25) is 4.90 Å². The van der Waals surface area contributed by atoms with Gasteiger partial charge >= 0.3 is 0 Å². The normalized spacial score (nSPS) is 24.4. The van der Waals surface area contributed by atoms with Crippen LogP contribution < -0.4 is 10.5 Å². The Labute approximate surface area is 114 Å². The van der Waals surface area contributed by atoms with E-state index >= 15 is 0 Å². The highest BCUT2D eigenvalue weighted by Gasteiger charge is 2.25. The van der Waals surface area contributed by atoms with Crippen LogP contribution >= 0.6 is 0 Å². The van der Waals surface area contributed by atoms with Crippen molar-refractivity contribution in [3.05, 3.63) is 29.6 Å². The summed E-state index contributed by atoms with van der Waals surface area (Å²) in [6.45, 7) is 4.74. The molecule has 0 spiro atoms. The lowest BCUT2D eigenvalue weighted by Gasteiger charge is -2.38. The van der Waals surface area contributed by atoms with E-state index in [1.807, 2.05) is 6.07 Å². The zero-order chi connectivity index (χ0) is 13.8. The van der Waals surface area contributed by atoms with Crippen LogP contribution in [0.2, 0.25) is 0 Å². The minimum Gasteiger partial charge on any atom is -0.494 e. The fourth-order valence-corrected chi connectivity index (χ4v) is 2.80. The second kappa shape index (κ2) is 6.35. The molecule has 0 aliphatic carbocycles. The van der Waals surface area contributed by atoms with Crippen LogP contribution in [0.3, 0.4) is 0 Å². The Bertz CT molecular complexity index is 425. The number of halogens is 1. The maximum absolute atomic E-state index is 13.7. The number of methoxy groups -OCH3 is 1. The summed E-state index contributed by atoms with van der Waals surface area (Å²) >= 11 is 0. The average molecular weight is 266 g/mol. The van der Waals surface area contributed by atoms with E-state index in [1.165, 1.54) is 13.5 Å². The van der Waals surface area contributed by atoms with Gasteiger partial charge in [0.05, 0.1) is 7.11 Å². The standard InChI is InChI=1S/C15H23FN2O/c1-11-5-6-18(13(7-11)9-17)10-12-3-4-15(19-2)14(16)8-12/h3-4,8,11,13H,5-7,9-10,17H2,1-2H3. The van der Waals surface area contributed by atoms with Gasteiger partial charge in [-0.25, -0.2) is 4.39 Å². The fraction of sp³-hybridized carbons (Fsp3) is 0.600. The Morgan fingerprint density at radius 3 is 2.89 bits per heavy atom. The second-order valence-electron chi connectivity index (χ2n) is 5.46. The number of benzene rings is 1. The van der Waals surface area contributed by atoms with Gasteiger partial charge < -0.3 is 10.5 Å². The van der Waals surface area contributed by atoms with Crippen LogP contribution in [-0.4, -0.2) is 31.1 Å². The topological polar surface area (TPSA) is 38.5 Å². The summed E-state index contributed by atoms with van der Waals surface area (Å²) < 4.78 is 18.6. The molecule has 1 aliphatic rings. The summed E-state index contributed by atoms with van der Waals surface area (Å²) in [5, 5.41) is 0. The third-order valence-electron chi connectivity index (χ3n) is 3.97. The van der Waals surface area contributed by atoms with Crippen molar-refractivity contribution in [3.8, 4) is 5.75 Å². The van der Waals surface area contributed by atoms with Gasteiger partial charge in [0, 0.05) is 19.1 Å². The molecule has 2 atom stereocenters. The van der Waals surface area contributed by atoms with E-state index in [9.17, 15) is 4.39 Å². The molecule has 0 bridgehead atoms. The minimum atomic E-state index is -0.297. The molecule has 2 N–H and O–H groups in total.